The predicted molar refractivity (Wildman–Crippen MR) is 400 cm³/mol. The van der Waals surface area contributed by atoms with Crippen molar-refractivity contribution in [2.75, 3.05) is 39.6 Å². The van der Waals surface area contributed by atoms with Crippen molar-refractivity contribution in [1.29, 1.82) is 0 Å². The molecule has 0 aliphatic carbocycles. The molecule has 0 amide bonds. The average molecular weight is 1430 g/mol. The van der Waals surface area contributed by atoms with Crippen LogP contribution in [0.4, 0.5) is 0 Å². The molecule has 17 nitrogen and oxygen atoms in total. The Labute approximate surface area is 599 Å². The van der Waals surface area contributed by atoms with Crippen LogP contribution in [0.1, 0.15) is 400 Å². The second kappa shape index (κ2) is 72.9. The molecule has 0 aromatic rings. The van der Waals surface area contributed by atoms with E-state index in [-0.39, 0.29) is 25.7 Å². The van der Waals surface area contributed by atoms with Crippen LogP contribution in [0.2, 0.25) is 0 Å². The third-order valence-electron chi connectivity index (χ3n) is 17.9. The smallest absolute Gasteiger partial charge is 0.462 e. The van der Waals surface area contributed by atoms with Gasteiger partial charge in [0.2, 0.25) is 0 Å². The zero-order chi connectivity index (χ0) is 71.8. The van der Waals surface area contributed by atoms with Crippen LogP contribution in [-0.4, -0.2) is 96.7 Å². The lowest BCUT2D eigenvalue weighted by atomic mass is 10.0. The number of unbranched alkanes of at least 4 members (excludes halogenated alkanes) is 48. The molecular weight excluding hydrogens is 1280 g/mol. The number of hydrogen-bond acceptors (Lipinski definition) is 15. The zero-order valence-corrected chi connectivity index (χ0v) is 65.0. The van der Waals surface area contributed by atoms with Crippen LogP contribution in [0.25, 0.3) is 0 Å². The third-order valence-corrected chi connectivity index (χ3v) is 19.9. The van der Waals surface area contributed by atoms with Gasteiger partial charge in [0, 0.05) is 25.7 Å². The second-order valence-electron chi connectivity index (χ2n) is 27.7. The van der Waals surface area contributed by atoms with Gasteiger partial charge in [-0.2, -0.15) is 0 Å². The van der Waals surface area contributed by atoms with Gasteiger partial charge in [-0.05, 0) is 57.8 Å². The number of esters is 4. The fourth-order valence-corrected chi connectivity index (χ4v) is 13.3. The molecule has 0 saturated heterocycles. The SMILES string of the molecule is CCCCC/C=C\C/C=C\CCCCCCCC(=O)OC[C@H](COP(=O)(O)OC[C@@H](O)COP(=O)(O)OC[C@@H](COC(=O)CCCCCCCCCCCCCCCCC)OC(=O)CCCCCCCCCCCCCCCCC)OC(=O)CCCCCCCCCCCCCCC. The number of aliphatic hydroxyl groups is 1. The molecule has 19 heteroatoms. The van der Waals surface area contributed by atoms with Crippen LogP contribution < -0.4 is 0 Å². The molecule has 0 saturated carbocycles. The van der Waals surface area contributed by atoms with Crippen molar-refractivity contribution >= 4 is 39.5 Å². The van der Waals surface area contributed by atoms with Crippen molar-refractivity contribution in [2.45, 2.75) is 418 Å². The highest BCUT2D eigenvalue weighted by atomic mass is 31.2. The molecule has 0 bridgehead atoms. The fraction of sp³-hybridized carbons (Fsp3) is 0.899. The monoisotopic (exact) mass is 1430 g/mol. The van der Waals surface area contributed by atoms with Crippen molar-refractivity contribution in [3.05, 3.63) is 24.3 Å². The number of aliphatic hydroxyl groups excluding tert-OH is 1. The first-order valence-electron chi connectivity index (χ1n) is 40.6. The summed E-state index contributed by atoms with van der Waals surface area (Å²) in [7, 11) is -9.93. The molecule has 0 aromatic heterocycles. The number of phosphoric acid groups is 2. The number of carbonyl (C=O) groups is 4. The minimum atomic E-state index is -4.96. The van der Waals surface area contributed by atoms with E-state index in [1.807, 2.05) is 0 Å². The predicted octanol–water partition coefficient (Wildman–Crippen LogP) is 23.3. The van der Waals surface area contributed by atoms with Crippen LogP contribution >= 0.6 is 15.6 Å². The maximum atomic E-state index is 13.1. The molecule has 5 atom stereocenters. The number of rotatable bonds is 78. The Morgan fingerprint density at radius 2 is 0.500 bits per heavy atom. The van der Waals surface area contributed by atoms with Crippen LogP contribution in [0.3, 0.4) is 0 Å². The largest absolute Gasteiger partial charge is 0.472 e. The van der Waals surface area contributed by atoms with Crippen molar-refractivity contribution in [2.24, 2.45) is 0 Å². The highest BCUT2D eigenvalue weighted by Gasteiger charge is 2.30. The average Bonchev–Trinajstić information content (AvgIpc) is 0.959. The Bertz CT molecular complexity index is 1950. The molecule has 0 heterocycles. The normalized spacial score (nSPS) is 14.0. The molecule has 0 aromatic carbocycles. The molecule has 3 N–H and O–H groups in total. The Morgan fingerprint density at radius 3 is 0.776 bits per heavy atom. The lowest BCUT2D eigenvalue weighted by molar-refractivity contribution is -0.161. The molecule has 2 unspecified atom stereocenters. The molecule has 98 heavy (non-hydrogen) atoms. The van der Waals surface area contributed by atoms with E-state index in [1.54, 1.807) is 0 Å². The first-order chi connectivity index (χ1) is 47.7. The summed E-state index contributed by atoms with van der Waals surface area (Å²) in [6.07, 6.45) is 67.2. The van der Waals surface area contributed by atoms with Crippen LogP contribution in [0, 0.1) is 0 Å². The van der Waals surface area contributed by atoms with Gasteiger partial charge in [0.15, 0.2) is 12.2 Å². The summed E-state index contributed by atoms with van der Waals surface area (Å²) in [5, 5.41) is 10.6. The van der Waals surface area contributed by atoms with E-state index in [1.165, 1.54) is 205 Å². The van der Waals surface area contributed by atoms with E-state index in [2.05, 4.69) is 52.0 Å². The first kappa shape index (κ1) is 95.5. The van der Waals surface area contributed by atoms with E-state index in [0.29, 0.717) is 25.7 Å². The number of hydrogen-bond donors (Lipinski definition) is 3. The Kier molecular flexibility index (Phi) is 71.0. The van der Waals surface area contributed by atoms with Gasteiger partial charge < -0.3 is 33.8 Å². The van der Waals surface area contributed by atoms with Crippen LogP contribution in [0.5, 0.6) is 0 Å². The van der Waals surface area contributed by atoms with Gasteiger partial charge in [0.25, 0.3) is 0 Å². The van der Waals surface area contributed by atoms with Crippen molar-refractivity contribution in [1.82, 2.24) is 0 Å². The summed E-state index contributed by atoms with van der Waals surface area (Å²) in [5.74, 6) is -2.13. The molecule has 578 valence electrons. The number of ether oxygens (including phenoxy) is 4. The Morgan fingerprint density at radius 1 is 0.286 bits per heavy atom. The second-order valence-corrected chi connectivity index (χ2v) is 30.6. The summed E-state index contributed by atoms with van der Waals surface area (Å²) in [6, 6.07) is 0. The molecule has 0 spiro atoms. The molecule has 0 fully saturated rings. The maximum absolute atomic E-state index is 13.1. The Hall–Kier alpha value is -2.46. The number of allylic oxidation sites excluding steroid dienone is 4. The van der Waals surface area contributed by atoms with E-state index >= 15 is 0 Å². The van der Waals surface area contributed by atoms with Gasteiger partial charge in [0.1, 0.15) is 19.3 Å². The molecule has 0 rings (SSSR count). The van der Waals surface area contributed by atoms with Crippen molar-refractivity contribution in [3.8, 4) is 0 Å². The summed E-state index contributed by atoms with van der Waals surface area (Å²) < 4.78 is 68.6. The van der Waals surface area contributed by atoms with E-state index < -0.39 is 97.5 Å². The third kappa shape index (κ3) is 71.9. The molecule has 0 aliphatic rings. The minimum absolute atomic E-state index is 0.102. The molecule has 0 aliphatic heterocycles. The maximum Gasteiger partial charge on any atom is 0.472 e. The van der Waals surface area contributed by atoms with Gasteiger partial charge in [-0.3, -0.25) is 37.3 Å². The van der Waals surface area contributed by atoms with Gasteiger partial charge in [0.05, 0.1) is 26.4 Å². The minimum Gasteiger partial charge on any atom is -0.462 e. The van der Waals surface area contributed by atoms with E-state index in [9.17, 15) is 43.2 Å². The number of carbonyl (C=O) groups excluding carboxylic acids is 4. The number of phosphoric ester groups is 2. The molecular formula is C79H150O17P2. The highest BCUT2D eigenvalue weighted by Crippen LogP contribution is 2.45. The van der Waals surface area contributed by atoms with E-state index in [4.69, 9.17) is 37.0 Å². The summed E-state index contributed by atoms with van der Waals surface area (Å²) in [6.45, 7) is 4.95. The van der Waals surface area contributed by atoms with Gasteiger partial charge in [-0.25, -0.2) is 9.13 Å². The van der Waals surface area contributed by atoms with Gasteiger partial charge >= 0.3 is 39.5 Å². The van der Waals surface area contributed by atoms with E-state index in [0.717, 1.165) is 116 Å². The zero-order valence-electron chi connectivity index (χ0n) is 63.2. The lowest BCUT2D eigenvalue weighted by Gasteiger charge is -2.21. The summed E-state index contributed by atoms with van der Waals surface area (Å²) in [5.41, 5.74) is 0. The van der Waals surface area contributed by atoms with Crippen LogP contribution in [0.15, 0.2) is 24.3 Å². The summed E-state index contributed by atoms with van der Waals surface area (Å²) >= 11 is 0. The topological polar surface area (TPSA) is 237 Å². The molecule has 0 radical (unpaired) electrons. The highest BCUT2D eigenvalue weighted by molar-refractivity contribution is 7.47. The van der Waals surface area contributed by atoms with Gasteiger partial charge in [-0.1, -0.05) is 341 Å². The van der Waals surface area contributed by atoms with Gasteiger partial charge in [-0.15, -0.1) is 0 Å². The first-order valence-corrected chi connectivity index (χ1v) is 43.6. The quantitative estimate of drug-likeness (QED) is 0.0169. The summed E-state index contributed by atoms with van der Waals surface area (Å²) in [4.78, 5) is 73.0. The van der Waals surface area contributed by atoms with Crippen molar-refractivity contribution < 1.29 is 80.2 Å². The Balaban J connectivity index is 5.29. The standard InChI is InChI=1S/C79H150O17P2/c1-5-9-13-17-21-25-29-33-36-40-43-47-51-55-59-63-76(81)89-69-74(95-78(83)65-61-57-53-49-45-39-32-28-24-20-16-12-8-4)71-93-97(85,86)91-67-73(80)68-92-98(87,88)94-72-75(96-79(84)66-62-58-54-50-46-42-38-35-31-27-23-19-15-11-7-3)70-90-77(82)64-60-56-52-48-44-41-37-34-30-26-22-18-14-10-6-2/h21,25,33,36,73-75,80H,5-20,22-24,26-32,34-35,37-72H2,1-4H3,(H,85,86)(H,87,88)/b25-21-,36-33-/t73-,74-,75-/m1/s1. The van der Waals surface area contributed by atoms with Crippen molar-refractivity contribution in [3.63, 3.8) is 0 Å². The lowest BCUT2D eigenvalue weighted by Crippen LogP contribution is -2.30. The fourth-order valence-electron chi connectivity index (χ4n) is 11.7. The van der Waals surface area contributed by atoms with Crippen LogP contribution in [-0.2, 0) is 65.4 Å².